The van der Waals surface area contributed by atoms with E-state index in [9.17, 15) is 8.42 Å². The summed E-state index contributed by atoms with van der Waals surface area (Å²) >= 11 is 0. The third-order valence-corrected chi connectivity index (χ3v) is 4.48. The summed E-state index contributed by atoms with van der Waals surface area (Å²) in [4.78, 5) is 0.406. The predicted molar refractivity (Wildman–Crippen MR) is 68.8 cm³/mol. The lowest BCUT2D eigenvalue weighted by atomic mass is 9.99. The largest absolute Gasteiger partial charge is 0.316 e. The second kappa shape index (κ2) is 5.19. The Morgan fingerprint density at radius 1 is 1.29 bits per heavy atom. The molecule has 17 heavy (non-hydrogen) atoms. The minimum absolute atomic E-state index is 0.406. The number of benzene rings is 1. The molecule has 1 aromatic carbocycles. The highest BCUT2D eigenvalue weighted by molar-refractivity contribution is 7.90. The summed E-state index contributed by atoms with van der Waals surface area (Å²) in [5, 5.41) is 3.36. The van der Waals surface area contributed by atoms with Crippen molar-refractivity contribution in [1.82, 2.24) is 5.32 Å². The molecule has 1 heterocycles. The molecule has 0 spiro atoms. The Morgan fingerprint density at radius 3 is 2.53 bits per heavy atom. The van der Waals surface area contributed by atoms with Crippen LogP contribution in [-0.2, 0) is 16.3 Å². The van der Waals surface area contributed by atoms with Crippen molar-refractivity contribution in [3.63, 3.8) is 0 Å². The standard InChI is InChI=1S/C13H19NO2S/c1-17(15,16)13-6-4-11(5-7-13)2-3-12-8-9-14-10-12/h4-7,12,14H,2-3,8-10H2,1H3. The van der Waals surface area contributed by atoms with E-state index in [0.29, 0.717) is 4.90 Å². The van der Waals surface area contributed by atoms with Gasteiger partial charge in [0.2, 0.25) is 0 Å². The normalized spacial score (nSPS) is 20.6. The van der Waals surface area contributed by atoms with E-state index in [-0.39, 0.29) is 0 Å². The van der Waals surface area contributed by atoms with Gasteiger partial charge in [0.15, 0.2) is 9.84 Å². The number of rotatable bonds is 4. The monoisotopic (exact) mass is 253 g/mol. The third-order valence-electron chi connectivity index (χ3n) is 3.36. The zero-order valence-electron chi connectivity index (χ0n) is 10.1. The first-order chi connectivity index (χ1) is 8.05. The zero-order chi connectivity index (χ0) is 12.3. The van der Waals surface area contributed by atoms with Crippen molar-refractivity contribution in [2.75, 3.05) is 19.3 Å². The Morgan fingerprint density at radius 2 is 2.00 bits per heavy atom. The van der Waals surface area contributed by atoms with Gasteiger partial charge in [-0.1, -0.05) is 12.1 Å². The van der Waals surface area contributed by atoms with Crippen molar-refractivity contribution >= 4 is 9.84 Å². The molecule has 0 radical (unpaired) electrons. The Hall–Kier alpha value is -0.870. The summed E-state index contributed by atoms with van der Waals surface area (Å²) in [6.07, 6.45) is 4.73. The number of sulfone groups is 1. The van der Waals surface area contributed by atoms with Gasteiger partial charge in [-0.05, 0) is 56.0 Å². The van der Waals surface area contributed by atoms with Gasteiger partial charge in [-0.2, -0.15) is 0 Å². The van der Waals surface area contributed by atoms with Crippen LogP contribution >= 0.6 is 0 Å². The fourth-order valence-corrected chi connectivity index (χ4v) is 2.87. The topological polar surface area (TPSA) is 46.2 Å². The highest BCUT2D eigenvalue weighted by atomic mass is 32.2. The van der Waals surface area contributed by atoms with E-state index in [1.807, 2.05) is 12.1 Å². The van der Waals surface area contributed by atoms with Gasteiger partial charge in [0.1, 0.15) is 0 Å². The minimum atomic E-state index is -3.06. The summed E-state index contributed by atoms with van der Waals surface area (Å²) in [6, 6.07) is 7.27. The molecule has 0 amide bonds. The first-order valence-corrected chi connectivity index (χ1v) is 7.94. The molecule has 0 aromatic heterocycles. The molecule has 1 aliphatic rings. The van der Waals surface area contributed by atoms with Crippen molar-refractivity contribution in [2.45, 2.75) is 24.2 Å². The molecule has 1 fully saturated rings. The Labute approximate surface area is 103 Å². The molecule has 1 atom stereocenters. The van der Waals surface area contributed by atoms with Crippen LogP contribution in [0.3, 0.4) is 0 Å². The van der Waals surface area contributed by atoms with E-state index in [1.165, 1.54) is 24.7 Å². The average molecular weight is 253 g/mol. The molecule has 0 bridgehead atoms. The zero-order valence-corrected chi connectivity index (χ0v) is 11.0. The van der Waals surface area contributed by atoms with E-state index in [2.05, 4.69) is 5.32 Å². The van der Waals surface area contributed by atoms with E-state index in [0.717, 1.165) is 25.4 Å². The van der Waals surface area contributed by atoms with Crippen LogP contribution in [0.5, 0.6) is 0 Å². The van der Waals surface area contributed by atoms with Gasteiger partial charge < -0.3 is 5.32 Å². The van der Waals surface area contributed by atoms with Crippen molar-refractivity contribution in [2.24, 2.45) is 5.92 Å². The van der Waals surface area contributed by atoms with E-state index < -0.39 is 9.84 Å². The summed E-state index contributed by atoms with van der Waals surface area (Å²) < 4.78 is 22.6. The fourth-order valence-electron chi connectivity index (χ4n) is 2.23. The first kappa shape index (κ1) is 12.6. The fraction of sp³-hybridized carbons (Fsp3) is 0.538. The maximum absolute atomic E-state index is 11.3. The second-order valence-corrected chi connectivity index (χ2v) is 6.83. The summed E-state index contributed by atoms with van der Waals surface area (Å²) in [6.45, 7) is 2.26. The summed E-state index contributed by atoms with van der Waals surface area (Å²) in [7, 11) is -3.06. The van der Waals surface area contributed by atoms with Crippen LogP contribution in [0.4, 0.5) is 0 Å². The second-order valence-electron chi connectivity index (χ2n) is 4.81. The van der Waals surface area contributed by atoms with Crippen LogP contribution in [0.25, 0.3) is 0 Å². The average Bonchev–Trinajstić information content (AvgIpc) is 2.78. The van der Waals surface area contributed by atoms with Crippen molar-refractivity contribution in [1.29, 1.82) is 0 Å². The summed E-state index contributed by atoms with van der Waals surface area (Å²) in [5.74, 6) is 0.782. The van der Waals surface area contributed by atoms with Gasteiger partial charge >= 0.3 is 0 Å². The molecule has 0 saturated carbocycles. The molecule has 1 N–H and O–H groups in total. The van der Waals surface area contributed by atoms with Gasteiger partial charge in [0.25, 0.3) is 0 Å². The van der Waals surface area contributed by atoms with Crippen LogP contribution in [0.2, 0.25) is 0 Å². The van der Waals surface area contributed by atoms with Crippen molar-refractivity contribution < 1.29 is 8.42 Å². The quantitative estimate of drug-likeness (QED) is 0.887. The molecule has 3 nitrogen and oxygen atoms in total. The van der Waals surface area contributed by atoms with E-state index >= 15 is 0 Å². The Kier molecular flexibility index (Phi) is 3.84. The minimum Gasteiger partial charge on any atom is -0.316 e. The molecule has 1 aliphatic heterocycles. The van der Waals surface area contributed by atoms with Gasteiger partial charge in [0.05, 0.1) is 4.90 Å². The van der Waals surface area contributed by atoms with Crippen LogP contribution in [-0.4, -0.2) is 27.8 Å². The molecule has 1 aromatic rings. The van der Waals surface area contributed by atoms with E-state index in [4.69, 9.17) is 0 Å². The van der Waals surface area contributed by atoms with Crippen LogP contribution < -0.4 is 5.32 Å². The van der Waals surface area contributed by atoms with Crippen LogP contribution in [0.15, 0.2) is 29.2 Å². The smallest absolute Gasteiger partial charge is 0.175 e. The SMILES string of the molecule is CS(=O)(=O)c1ccc(CCC2CCNC2)cc1. The third kappa shape index (κ3) is 3.54. The number of hydrogen-bond acceptors (Lipinski definition) is 3. The molecular weight excluding hydrogens is 234 g/mol. The molecule has 2 rings (SSSR count). The lowest BCUT2D eigenvalue weighted by Gasteiger charge is -2.08. The van der Waals surface area contributed by atoms with Gasteiger partial charge in [-0.25, -0.2) is 8.42 Å². The maximum atomic E-state index is 11.3. The molecule has 1 unspecified atom stereocenters. The van der Waals surface area contributed by atoms with E-state index in [1.54, 1.807) is 12.1 Å². The van der Waals surface area contributed by atoms with Crippen molar-refractivity contribution in [3.05, 3.63) is 29.8 Å². The first-order valence-electron chi connectivity index (χ1n) is 6.05. The molecule has 4 heteroatoms. The highest BCUT2D eigenvalue weighted by Gasteiger charge is 2.14. The van der Waals surface area contributed by atoms with Gasteiger partial charge in [-0.3, -0.25) is 0 Å². The van der Waals surface area contributed by atoms with Crippen LogP contribution in [0, 0.1) is 5.92 Å². The van der Waals surface area contributed by atoms with Crippen LogP contribution in [0.1, 0.15) is 18.4 Å². The Balaban J connectivity index is 1.94. The van der Waals surface area contributed by atoms with Crippen molar-refractivity contribution in [3.8, 4) is 0 Å². The molecular formula is C13H19NO2S. The molecule has 94 valence electrons. The number of nitrogens with one attached hydrogen (secondary N) is 1. The lowest BCUT2D eigenvalue weighted by Crippen LogP contribution is -2.09. The van der Waals surface area contributed by atoms with Gasteiger partial charge in [0, 0.05) is 6.26 Å². The molecule has 0 aliphatic carbocycles. The summed E-state index contributed by atoms with van der Waals surface area (Å²) in [5.41, 5.74) is 1.23. The lowest BCUT2D eigenvalue weighted by molar-refractivity contribution is 0.533. The number of aryl methyl sites for hydroxylation is 1. The maximum Gasteiger partial charge on any atom is 0.175 e. The number of hydrogen-bond donors (Lipinski definition) is 1. The predicted octanol–water partition coefficient (Wildman–Crippen LogP) is 1.63. The van der Waals surface area contributed by atoms with Gasteiger partial charge in [-0.15, -0.1) is 0 Å². The molecule has 1 saturated heterocycles. The Bertz CT molecular complexity index is 459. The highest BCUT2D eigenvalue weighted by Crippen LogP contribution is 2.17.